The van der Waals surface area contributed by atoms with Crippen molar-refractivity contribution < 1.29 is 9.90 Å². The average Bonchev–Trinajstić information content (AvgIpc) is 2.77. The molecule has 0 heterocycles. The van der Waals surface area contributed by atoms with Gasteiger partial charge in [0, 0.05) is 12.3 Å². The van der Waals surface area contributed by atoms with Gasteiger partial charge >= 0.3 is 0 Å². The van der Waals surface area contributed by atoms with Crippen molar-refractivity contribution in [1.29, 1.82) is 0 Å². The highest BCUT2D eigenvalue weighted by Crippen LogP contribution is 2.65. The third kappa shape index (κ3) is 2.00. The van der Waals surface area contributed by atoms with Crippen LogP contribution in [-0.2, 0) is 4.79 Å². The van der Waals surface area contributed by atoms with E-state index in [1.54, 1.807) is 0 Å². The second-order valence-electron chi connectivity index (χ2n) is 9.08. The SMILES string of the molecule is C=C[C@H]1C(=O)CC2C3CC=C4C[C@@H](O)CC[C@]4(C)C3CC[C@@]21C. The highest BCUT2D eigenvalue weighted by molar-refractivity contribution is 5.86. The lowest BCUT2D eigenvalue weighted by molar-refractivity contribution is -0.120. The summed E-state index contributed by atoms with van der Waals surface area (Å²) in [4.78, 5) is 12.5. The molecule has 0 amide bonds. The van der Waals surface area contributed by atoms with Gasteiger partial charge in [0.15, 0.2) is 0 Å². The van der Waals surface area contributed by atoms with E-state index < -0.39 is 0 Å². The zero-order valence-corrected chi connectivity index (χ0v) is 14.6. The van der Waals surface area contributed by atoms with Crippen molar-refractivity contribution >= 4 is 5.78 Å². The van der Waals surface area contributed by atoms with Gasteiger partial charge < -0.3 is 5.11 Å². The second-order valence-corrected chi connectivity index (χ2v) is 9.08. The van der Waals surface area contributed by atoms with E-state index in [1.165, 1.54) is 12.0 Å². The molecule has 7 atom stereocenters. The lowest BCUT2D eigenvalue weighted by Gasteiger charge is -2.57. The van der Waals surface area contributed by atoms with E-state index in [0.717, 1.165) is 38.5 Å². The van der Waals surface area contributed by atoms with Crippen molar-refractivity contribution in [1.82, 2.24) is 0 Å². The largest absolute Gasteiger partial charge is 0.393 e. The predicted molar refractivity (Wildman–Crippen MR) is 91.8 cm³/mol. The molecule has 0 aromatic heterocycles. The molecule has 4 aliphatic rings. The number of carbonyl (C=O) groups excluding carboxylic acids is 1. The van der Waals surface area contributed by atoms with Crippen LogP contribution >= 0.6 is 0 Å². The maximum atomic E-state index is 12.5. The van der Waals surface area contributed by atoms with Gasteiger partial charge in [-0.05, 0) is 67.1 Å². The van der Waals surface area contributed by atoms with Crippen molar-refractivity contribution in [2.45, 2.75) is 64.9 Å². The summed E-state index contributed by atoms with van der Waals surface area (Å²) in [5.74, 6) is 2.36. The number of fused-ring (bicyclic) bond motifs is 5. The van der Waals surface area contributed by atoms with E-state index in [1.807, 2.05) is 6.08 Å². The maximum Gasteiger partial charge on any atom is 0.140 e. The zero-order valence-electron chi connectivity index (χ0n) is 14.6. The number of aliphatic hydroxyl groups is 1. The molecule has 1 N–H and O–H groups in total. The number of aliphatic hydroxyl groups excluding tert-OH is 1. The number of Topliss-reactive ketones (excluding diaryl/α,β-unsaturated/α-hetero) is 1. The lowest BCUT2D eigenvalue weighted by Crippen LogP contribution is -2.50. The summed E-state index contributed by atoms with van der Waals surface area (Å²) in [6, 6.07) is 0. The van der Waals surface area contributed by atoms with Crippen LogP contribution in [-0.4, -0.2) is 17.0 Å². The molecule has 0 spiro atoms. The van der Waals surface area contributed by atoms with Crippen LogP contribution in [0.5, 0.6) is 0 Å². The Morgan fingerprint density at radius 1 is 1.22 bits per heavy atom. The molecule has 2 nitrogen and oxygen atoms in total. The Hall–Kier alpha value is -0.890. The number of allylic oxidation sites excluding steroid dienone is 2. The number of carbonyl (C=O) groups is 1. The quantitative estimate of drug-likeness (QED) is 0.733. The molecule has 4 aliphatic carbocycles. The molecule has 0 aliphatic heterocycles. The summed E-state index contributed by atoms with van der Waals surface area (Å²) in [6.45, 7) is 8.74. The Balaban J connectivity index is 1.70. The Kier molecular flexibility index (Phi) is 3.43. The molecule has 126 valence electrons. The van der Waals surface area contributed by atoms with E-state index >= 15 is 0 Å². The third-order valence-corrected chi connectivity index (χ3v) is 8.23. The van der Waals surface area contributed by atoms with Crippen LogP contribution in [0.2, 0.25) is 0 Å². The number of hydrogen-bond donors (Lipinski definition) is 1. The predicted octanol–water partition coefficient (Wildman–Crippen LogP) is 4.29. The van der Waals surface area contributed by atoms with E-state index in [2.05, 4.69) is 26.5 Å². The fourth-order valence-corrected chi connectivity index (χ4v) is 6.87. The van der Waals surface area contributed by atoms with Crippen molar-refractivity contribution in [2.24, 2.45) is 34.5 Å². The van der Waals surface area contributed by atoms with E-state index in [0.29, 0.717) is 23.5 Å². The topological polar surface area (TPSA) is 37.3 Å². The number of rotatable bonds is 1. The Bertz CT molecular complexity index is 576. The molecule has 3 unspecified atom stereocenters. The molecule has 0 aromatic carbocycles. The normalized spacial score (nSPS) is 52.2. The van der Waals surface area contributed by atoms with Crippen LogP contribution in [0.3, 0.4) is 0 Å². The maximum absolute atomic E-state index is 12.5. The summed E-state index contributed by atoms with van der Waals surface area (Å²) in [6.07, 6.45) is 11.4. The first-order chi connectivity index (χ1) is 10.9. The highest BCUT2D eigenvalue weighted by Gasteiger charge is 2.60. The molecular weight excluding hydrogens is 284 g/mol. The van der Waals surface area contributed by atoms with E-state index in [4.69, 9.17) is 0 Å². The van der Waals surface area contributed by atoms with Gasteiger partial charge in [-0.25, -0.2) is 0 Å². The molecule has 23 heavy (non-hydrogen) atoms. The van der Waals surface area contributed by atoms with Crippen molar-refractivity contribution in [3.8, 4) is 0 Å². The standard InChI is InChI=1S/C21H30O2/c1-4-16-19(23)12-18-15-6-5-13-11-14(22)7-9-20(13,2)17(15)8-10-21(16,18)3/h4-5,14-18,22H,1,6-12H2,2-3H3/t14-,15?,16-,17?,18?,20-,21+/m0/s1. The monoisotopic (exact) mass is 314 g/mol. The summed E-state index contributed by atoms with van der Waals surface area (Å²) in [5, 5.41) is 10.1. The van der Waals surface area contributed by atoms with Crippen LogP contribution in [0, 0.1) is 34.5 Å². The van der Waals surface area contributed by atoms with Gasteiger partial charge in [0.25, 0.3) is 0 Å². The fraction of sp³-hybridized carbons (Fsp3) is 0.762. The van der Waals surface area contributed by atoms with Gasteiger partial charge in [-0.1, -0.05) is 31.6 Å². The van der Waals surface area contributed by atoms with Gasteiger partial charge in [0.1, 0.15) is 5.78 Å². The van der Waals surface area contributed by atoms with E-state index in [9.17, 15) is 9.90 Å². The summed E-state index contributed by atoms with van der Waals surface area (Å²) >= 11 is 0. The molecule has 2 heteroatoms. The number of ketones is 1. The minimum absolute atomic E-state index is 0.0693. The molecule has 0 radical (unpaired) electrons. The average molecular weight is 314 g/mol. The van der Waals surface area contributed by atoms with Crippen LogP contribution in [0.4, 0.5) is 0 Å². The molecule has 3 fully saturated rings. The van der Waals surface area contributed by atoms with Crippen LogP contribution < -0.4 is 0 Å². The van der Waals surface area contributed by atoms with Crippen molar-refractivity contribution in [3.63, 3.8) is 0 Å². The Morgan fingerprint density at radius 2 is 2.00 bits per heavy atom. The first-order valence-electron chi connectivity index (χ1n) is 9.43. The molecule has 0 bridgehead atoms. The van der Waals surface area contributed by atoms with Crippen LogP contribution in [0.25, 0.3) is 0 Å². The van der Waals surface area contributed by atoms with Gasteiger partial charge in [0.2, 0.25) is 0 Å². The third-order valence-electron chi connectivity index (χ3n) is 8.23. The minimum atomic E-state index is -0.141. The summed E-state index contributed by atoms with van der Waals surface area (Å²) < 4.78 is 0. The molecule has 0 saturated heterocycles. The van der Waals surface area contributed by atoms with Gasteiger partial charge in [-0.2, -0.15) is 0 Å². The summed E-state index contributed by atoms with van der Waals surface area (Å²) in [7, 11) is 0. The second kappa shape index (κ2) is 5.05. The molecule has 0 aromatic rings. The Morgan fingerprint density at radius 3 is 2.74 bits per heavy atom. The highest BCUT2D eigenvalue weighted by atomic mass is 16.3. The van der Waals surface area contributed by atoms with Crippen LogP contribution in [0.15, 0.2) is 24.3 Å². The van der Waals surface area contributed by atoms with Crippen LogP contribution in [0.1, 0.15) is 58.8 Å². The minimum Gasteiger partial charge on any atom is -0.393 e. The first-order valence-corrected chi connectivity index (χ1v) is 9.43. The van der Waals surface area contributed by atoms with Gasteiger partial charge in [0.05, 0.1) is 6.10 Å². The molecule has 3 saturated carbocycles. The molecular formula is C21H30O2. The summed E-state index contributed by atoms with van der Waals surface area (Å²) in [5.41, 5.74) is 1.90. The fourth-order valence-electron chi connectivity index (χ4n) is 6.87. The van der Waals surface area contributed by atoms with E-state index in [-0.39, 0.29) is 22.9 Å². The van der Waals surface area contributed by atoms with Gasteiger partial charge in [-0.3, -0.25) is 4.79 Å². The number of hydrogen-bond acceptors (Lipinski definition) is 2. The Labute approximate surface area is 140 Å². The smallest absolute Gasteiger partial charge is 0.140 e. The van der Waals surface area contributed by atoms with Crippen molar-refractivity contribution in [2.75, 3.05) is 0 Å². The first kappa shape index (κ1) is 15.6. The molecule has 4 rings (SSSR count). The lowest BCUT2D eigenvalue weighted by atomic mass is 9.47. The van der Waals surface area contributed by atoms with Gasteiger partial charge in [-0.15, -0.1) is 6.58 Å². The van der Waals surface area contributed by atoms with Crippen molar-refractivity contribution in [3.05, 3.63) is 24.3 Å². The zero-order chi connectivity index (χ0) is 16.4.